The smallest absolute Gasteiger partial charge is 0.115 e. The molecule has 0 fully saturated rings. The van der Waals surface area contributed by atoms with Gasteiger partial charge in [-0.3, -0.25) is 0 Å². The van der Waals surface area contributed by atoms with E-state index in [1.54, 1.807) is 6.07 Å². The predicted molar refractivity (Wildman–Crippen MR) is 103 cm³/mol. The highest BCUT2D eigenvalue weighted by Gasteiger charge is 2.30. The van der Waals surface area contributed by atoms with Gasteiger partial charge in [-0.05, 0) is 65.5 Å². The molecule has 2 atom stereocenters. The second-order valence-electron chi connectivity index (χ2n) is 8.17. The molecule has 0 aliphatic carbocycles. The molecule has 3 N–H and O–H groups in total. The fraction of sp³-hybridized carbons (Fsp3) is 0.455. The Morgan fingerprint density at radius 1 is 1.12 bits per heavy atom. The molecule has 2 aromatic carbocycles. The number of rotatable bonds is 4. The highest BCUT2D eigenvalue weighted by atomic mass is 16.3. The van der Waals surface area contributed by atoms with Crippen molar-refractivity contribution in [1.29, 1.82) is 0 Å². The summed E-state index contributed by atoms with van der Waals surface area (Å²) in [5.74, 6) is 0.700. The average molecular weight is 339 g/mol. The zero-order chi connectivity index (χ0) is 18.0. The van der Waals surface area contributed by atoms with E-state index < -0.39 is 0 Å². The van der Waals surface area contributed by atoms with Crippen LogP contribution in [0.25, 0.3) is 0 Å². The molecule has 0 spiro atoms. The van der Waals surface area contributed by atoms with Crippen LogP contribution in [0, 0.1) is 5.92 Å². The lowest BCUT2D eigenvalue weighted by molar-refractivity contribution is 0.263. The summed E-state index contributed by atoms with van der Waals surface area (Å²) in [4.78, 5) is 0. The molecule has 3 rings (SSSR count). The van der Waals surface area contributed by atoms with Crippen LogP contribution < -0.4 is 5.32 Å². The van der Waals surface area contributed by atoms with Crippen molar-refractivity contribution in [2.75, 3.05) is 11.9 Å². The van der Waals surface area contributed by atoms with Crippen LogP contribution in [0.4, 0.5) is 5.69 Å². The monoisotopic (exact) mass is 339 g/mol. The number of phenols is 1. The number of hydrogen-bond donors (Lipinski definition) is 3. The number of fused-ring (bicyclic) bond motifs is 1. The molecule has 1 aliphatic rings. The van der Waals surface area contributed by atoms with Gasteiger partial charge < -0.3 is 15.5 Å². The van der Waals surface area contributed by atoms with Crippen LogP contribution in [-0.4, -0.2) is 16.8 Å². The van der Waals surface area contributed by atoms with Crippen molar-refractivity contribution in [3.63, 3.8) is 0 Å². The van der Waals surface area contributed by atoms with Crippen LogP contribution in [0.3, 0.4) is 0 Å². The molecule has 25 heavy (non-hydrogen) atoms. The largest absolute Gasteiger partial charge is 0.508 e. The van der Waals surface area contributed by atoms with Crippen LogP contribution >= 0.6 is 0 Å². The topological polar surface area (TPSA) is 52.5 Å². The number of aromatic hydroxyl groups is 1. The van der Waals surface area contributed by atoms with Crippen LogP contribution in [0.2, 0.25) is 0 Å². The summed E-state index contributed by atoms with van der Waals surface area (Å²) in [5, 5.41) is 22.8. The van der Waals surface area contributed by atoms with Gasteiger partial charge in [0.2, 0.25) is 0 Å². The lowest BCUT2D eigenvalue weighted by Gasteiger charge is -2.36. The van der Waals surface area contributed by atoms with Crippen LogP contribution in [0.5, 0.6) is 5.75 Å². The van der Waals surface area contributed by atoms with E-state index in [1.807, 2.05) is 12.1 Å². The summed E-state index contributed by atoms with van der Waals surface area (Å²) in [6.45, 7) is 6.94. The third-order valence-electron chi connectivity index (χ3n) is 5.20. The normalized spacial score (nSPS) is 20.0. The molecule has 0 aromatic heterocycles. The van der Waals surface area contributed by atoms with Gasteiger partial charge in [0.05, 0.1) is 6.04 Å². The summed E-state index contributed by atoms with van der Waals surface area (Å²) >= 11 is 0. The lowest BCUT2D eigenvalue weighted by Crippen LogP contribution is -2.28. The third-order valence-corrected chi connectivity index (χ3v) is 5.20. The van der Waals surface area contributed by atoms with E-state index in [1.165, 1.54) is 16.8 Å². The molecule has 0 saturated heterocycles. The fourth-order valence-electron chi connectivity index (χ4n) is 3.75. The Bertz CT molecular complexity index is 733. The molecule has 1 aliphatic heterocycles. The van der Waals surface area contributed by atoms with Crippen molar-refractivity contribution >= 4 is 5.69 Å². The van der Waals surface area contributed by atoms with Gasteiger partial charge in [-0.15, -0.1) is 0 Å². The number of anilines is 1. The maximum Gasteiger partial charge on any atom is 0.115 e. The Kier molecular flexibility index (Phi) is 5.05. The van der Waals surface area contributed by atoms with Gasteiger partial charge in [0, 0.05) is 12.3 Å². The minimum Gasteiger partial charge on any atom is -0.508 e. The summed E-state index contributed by atoms with van der Waals surface area (Å²) in [5.41, 5.74) is 5.13. The molecule has 3 nitrogen and oxygen atoms in total. The van der Waals surface area contributed by atoms with E-state index >= 15 is 0 Å². The van der Waals surface area contributed by atoms with Crippen molar-refractivity contribution in [3.8, 4) is 5.75 Å². The molecular weight excluding hydrogens is 310 g/mol. The first-order valence-electron chi connectivity index (χ1n) is 9.18. The minimum absolute atomic E-state index is 0.137. The van der Waals surface area contributed by atoms with Crippen LogP contribution in [0.15, 0.2) is 42.5 Å². The van der Waals surface area contributed by atoms with Gasteiger partial charge in [-0.25, -0.2) is 0 Å². The first-order valence-corrected chi connectivity index (χ1v) is 9.18. The van der Waals surface area contributed by atoms with Crippen molar-refractivity contribution in [3.05, 3.63) is 59.2 Å². The summed E-state index contributed by atoms with van der Waals surface area (Å²) in [6.07, 6.45) is 2.76. The maximum atomic E-state index is 9.86. The Labute approximate surface area is 150 Å². The molecular formula is C22H29NO2. The first-order chi connectivity index (χ1) is 11.9. The van der Waals surface area contributed by atoms with E-state index in [4.69, 9.17) is 0 Å². The van der Waals surface area contributed by atoms with E-state index in [-0.39, 0.29) is 18.1 Å². The summed E-state index contributed by atoms with van der Waals surface area (Å²) in [7, 11) is 0. The number of hydrogen-bond acceptors (Lipinski definition) is 3. The zero-order valence-corrected chi connectivity index (χ0v) is 15.4. The van der Waals surface area contributed by atoms with Crippen LogP contribution in [-0.2, 0) is 11.8 Å². The number of benzene rings is 2. The molecule has 2 aromatic rings. The Balaban J connectivity index is 1.95. The van der Waals surface area contributed by atoms with Gasteiger partial charge in [0.25, 0.3) is 0 Å². The molecule has 0 amide bonds. The highest BCUT2D eigenvalue weighted by molar-refractivity contribution is 5.57. The van der Waals surface area contributed by atoms with E-state index in [0.717, 1.165) is 24.8 Å². The Hall–Kier alpha value is -2.00. The molecule has 0 bridgehead atoms. The highest BCUT2D eigenvalue weighted by Crippen LogP contribution is 2.41. The number of phenolic OH excluding ortho intramolecular Hbond substituents is 1. The second-order valence-corrected chi connectivity index (χ2v) is 8.17. The predicted octanol–water partition coefficient (Wildman–Crippen LogP) is 4.79. The Morgan fingerprint density at radius 3 is 2.60 bits per heavy atom. The van der Waals surface area contributed by atoms with Crippen molar-refractivity contribution in [2.45, 2.75) is 51.5 Å². The minimum atomic E-state index is 0.137. The standard InChI is InChI=1S/C22H29NO2/c1-22(2,3)18-9-10-20-17(13-18)12-15(7-5-11-24)21(23-20)16-6-4-8-19(25)14-16/h4,6,8-10,13-15,21,23-25H,5,7,11-12H2,1-3H3/t15-,21+/m1/s1. The van der Waals surface area contributed by atoms with Crippen molar-refractivity contribution in [1.82, 2.24) is 0 Å². The van der Waals surface area contributed by atoms with Crippen molar-refractivity contribution in [2.24, 2.45) is 5.92 Å². The molecule has 1 heterocycles. The molecule has 0 unspecified atom stereocenters. The summed E-state index contributed by atoms with van der Waals surface area (Å²) in [6, 6.07) is 14.4. The number of nitrogens with one attached hydrogen (secondary N) is 1. The second kappa shape index (κ2) is 7.09. The first kappa shape index (κ1) is 17.8. The van der Waals surface area contributed by atoms with Gasteiger partial charge in [-0.1, -0.05) is 45.0 Å². The van der Waals surface area contributed by atoms with Gasteiger partial charge in [-0.2, -0.15) is 0 Å². The van der Waals surface area contributed by atoms with Gasteiger partial charge in [0.15, 0.2) is 0 Å². The van der Waals surface area contributed by atoms with E-state index in [9.17, 15) is 10.2 Å². The van der Waals surface area contributed by atoms with Crippen molar-refractivity contribution < 1.29 is 10.2 Å². The SMILES string of the molecule is CC(C)(C)c1ccc2c(c1)C[C@@H](CCCO)[C@@H](c1cccc(O)c1)N2. The Morgan fingerprint density at radius 2 is 1.92 bits per heavy atom. The fourth-order valence-corrected chi connectivity index (χ4v) is 3.75. The van der Waals surface area contributed by atoms with E-state index in [0.29, 0.717) is 11.7 Å². The lowest BCUT2D eigenvalue weighted by atomic mass is 9.78. The van der Waals surface area contributed by atoms with Crippen LogP contribution in [0.1, 0.15) is 56.3 Å². The molecule has 3 heteroatoms. The third kappa shape index (κ3) is 3.98. The number of aliphatic hydroxyl groups excluding tert-OH is 1. The summed E-state index contributed by atoms with van der Waals surface area (Å²) < 4.78 is 0. The zero-order valence-electron chi connectivity index (χ0n) is 15.4. The molecule has 134 valence electrons. The molecule has 0 radical (unpaired) electrons. The number of aliphatic hydroxyl groups is 1. The van der Waals surface area contributed by atoms with E-state index in [2.05, 4.69) is 50.4 Å². The average Bonchev–Trinajstić information content (AvgIpc) is 2.57. The maximum absolute atomic E-state index is 9.86. The molecule has 0 saturated carbocycles. The van der Waals surface area contributed by atoms with Gasteiger partial charge in [0.1, 0.15) is 5.75 Å². The quantitative estimate of drug-likeness (QED) is 0.751. The van der Waals surface area contributed by atoms with Gasteiger partial charge >= 0.3 is 0 Å².